The van der Waals surface area contributed by atoms with Gasteiger partial charge in [0.05, 0.1) is 19.6 Å². The summed E-state index contributed by atoms with van der Waals surface area (Å²) >= 11 is 0. The molecule has 14 heavy (non-hydrogen) atoms. The molecule has 1 aliphatic rings. The van der Waals surface area contributed by atoms with Gasteiger partial charge in [0.1, 0.15) is 5.78 Å². The van der Waals surface area contributed by atoms with Crippen molar-refractivity contribution >= 4 is 5.78 Å². The summed E-state index contributed by atoms with van der Waals surface area (Å²) in [6.07, 6.45) is 2.99. The number of carbonyl (C=O) groups is 1. The van der Waals surface area contributed by atoms with Gasteiger partial charge in [-0.3, -0.25) is 4.79 Å². The fourth-order valence-corrected chi connectivity index (χ4v) is 1.69. The van der Waals surface area contributed by atoms with E-state index >= 15 is 0 Å². The van der Waals surface area contributed by atoms with E-state index in [-0.39, 0.29) is 12.1 Å². The van der Waals surface area contributed by atoms with Gasteiger partial charge in [0, 0.05) is 6.42 Å². The van der Waals surface area contributed by atoms with Gasteiger partial charge in [-0.15, -0.1) is 0 Å². The maximum Gasteiger partial charge on any atom is 0.164 e. The lowest BCUT2D eigenvalue weighted by Gasteiger charge is -2.12. The molecule has 1 saturated heterocycles. The molecule has 0 aromatic carbocycles. The molecular formula is C11H20O3. The molecule has 0 radical (unpaired) electrons. The molecule has 0 aromatic rings. The Morgan fingerprint density at radius 1 is 1.29 bits per heavy atom. The molecule has 0 spiro atoms. The zero-order chi connectivity index (χ0) is 10.4. The molecule has 0 unspecified atom stereocenters. The summed E-state index contributed by atoms with van der Waals surface area (Å²) in [5, 5.41) is 0. The molecule has 3 heteroatoms. The van der Waals surface area contributed by atoms with Crippen LogP contribution in [0.25, 0.3) is 0 Å². The van der Waals surface area contributed by atoms with Crippen LogP contribution in [0.2, 0.25) is 0 Å². The summed E-state index contributed by atoms with van der Waals surface area (Å²) in [6.45, 7) is 5.51. The Bertz CT molecular complexity index is 163. The highest BCUT2D eigenvalue weighted by molar-refractivity contribution is 5.78. The molecule has 0 aliphatic carbocycles. The second-order valence-electron chi connectivity index (χ2n) is 3.80. The van der Waals surface area contributed by atoms with Gasteiger partial charge in [-0.25, -0.2) is 0 Å². The van der Waals surface area contributed by atoms with Crippen molar-refractivity contribution in [2.45, 2.75) is 45.8 Å². The van der Waals surface area contributed by atoms with E-state index in [1.807, 2.05) is 0 Å². The molecule has 1 fully saturated rings. The second kappa shape index (κ2) is 6.14. The van der Waals surface area contributed by atoms with Crippen LogP contribution in [0.4, 0.5) is 0 Å². The molecule has 0 saturated carbocycles. The predicted octanol–water partition coefficient (Wildman–Crippen LogP) is 2.14. The fraction of sp³-hybridized carbons (Fsp3) is 0.909. The Kier molecular flexibility index (Phi) is 5.12. The highest BCUT2D eigenvalue weighted by atomic mass is 16.7. The first-order chi connectivity index (χ1) is 6.76. The molecule has 0 bridgehead atoms. The van der Waals surface area contributed by atoms with Crippen LogP contribution in [0.5, 0.6) is 0 Å². The number of rotatable bonds is 6. The van der Waals surface area contributed by atoms with Gasteiger partial charge in [0.15, 0.2) is 6.29 Å². The minimum Gasteiger partial charge on any atom is -0.350 e. The Hall–Kier alpha value is -0.410. The van der Waals surface area contributed by atoms with Crippen molar-refractivity contribution in [2.75, 3.05) is 13.2 Å². The molecule has 0 atom stereocenters. The molecule has 0 aromatic heterocycles. The molecule has 0 amide bonds. The highest BCUT2D eigenvalue weighted by Gasteiger charge is 2.20. The maximum absolute atomic E-state index is 11.6. The van der Waals surface area contributed by atoms with Crippen LogP contribution >= 0.6 is 0 Å². The summed E-state index contributed by atoms with van der Waals surface area (Å²) in [5.74, 6) is 0.800. The molecule has 0 N–H and O–H groups in total. The Labute approximate surface area is 85.8 Å². The lowest BCUT2D eigenvalue weighted by atomic mass is 9.96. The largest absolute Gasteiger partial charge is 0.350 e. The minimum atomic E-state index is -0.267. The van der Waals surface area contributed by atoms with E-state index < -0.39 is 0 Å². The maximum atomic E-state index is 11.6. The van der Waals surface area contributed by atoms with E-state index in [0.29, 0.717) is 32.0 Å². The van der Waals surface area contributed by atoms with Crippen LogP contribution in [0.15, 0.2) is 0 Å². The Balaban J connectivity index is 2.20. The average molecular weight is 200 g/mol. The van der Waals surface area contributed by atoms with Crippen LogP contribution in [-0.4, -0.2) is 25.3 Å². The van der Waals surface area contributed by atoms with Gasteiger partial charge in [0.25, 0.3) is 0 Å². The predicted molar refractivity (Wildman–Crippen MR) is 54.0 cm³/mol. The van der Waals surface area contributed by atoms with Crippen molar-refractivity contribution < 1.29 is 14.3 Å². The third-order valence-electron chi connectivity index (χ3n) is 2.76. The van der Waals surface area contributed by atoms with Gasteiger partial charge < -0.3 is 9.47 Å². The molecule has 1 aliphatic heterocycles. The molecule has 1 heterocycles. The SMILES string of the molecule is CCC(CC)CC(=O)CC1OCCO1. The van der Waals surface area contributed by atoms with E-state index in [0.717, 1.165) is 12.8 Å². The third-order valence-corrected chi connectivity index (χ3v) is 2.76. The zero-order valence-electron chi connectivity index (χ0n) is 9.12. The van der Waals surface area contributed by atoms with Crippen LogP contribution in [0, 0.1) is 5.92 Å². The van der Waals surface area contributed by atoms with Crippen LogP contribution in [0.3, 0.4) is 0 Å². The lowest BCUT2D eigenvalue weighted by Crippen LogP contribution is -2.16. The summed E-state index contributed by atoms with van der Waals surface area (Å²) in [7, 11) is 0. The summed E-state index contributed by atoms with van der Waals surface area (Å²) in [5.41, 5.74) is 0. The number of Topliss-reactive ketones (excluding diaryl/α,β-unsaturated/α-hetero) is 1. The topological polar surface area (TPSA) is 35.5 Å². The second-order valence-corrected chi connectivity index (χ2v) is 3.80. The molecular weight excluding hydrogens is 180 g/mol. The first kappa shape index (κ1) is 11.7. The standard InChI is InChI=1S/C11H20O3/c1-3-9(4-2)7-10(12)8-11-13-5-6-14-11/h9,11H,3-8H2,1-2H3. The van der Waals surface area contributed by atoms with Crippen molar-refractivity contribution in [1.82, 2.24) is 0 Å². The van der Waals surface area contributed by atoms with Crippen molar-refractivity contribution in [1.29, 1.82) is 0 Å². The minimum absolute atomic E-state index is 0.267. The van der Waals surface area contributed by atoms with Gasteiger partial charge in [-0.1, -0.05) is 26.7 Å². The first-order valence-corrected chi connectivity index (χ1v) is 5.51. The third kappa shape index (κ3) is 3.76. The van der Waals surface area contributed by atoms with Gasteiger partial charge in [-0.05, 0) is 5.92 Å². The van der Waals surface area contributed by atoms with E-state index in [9.17, 15) is 4.79 Å². The van der Waals surface area contributed by atoms with Crippen LogP contribution in [-0.2, 0) is 14.3 Å². The molecule has 82 valence electrons. The number of ether oxygens (including phenoxy) is 2. The number of hydrogen-bond donors (Lipinski definition) is 0. The number of ketones is 1. The number of hydrogen-bond acceptors (Lipinski definition) is 3. The van der Waals surface area contributed by atoms with Crippen LogP contribution < -0.4 is 0 Å². The quantitative estimate of drug-likeness (QED) is 0.659. The van der Waals surface area contributed by atoms with Gasteiger partial charge >= 0.3 is 0 Å². The first-order valence-electron chi connectivity index (χ1n) is 5.51. The monoisotopic (exact) mass is 200 g/mol. The van der Waals surface area contributed by atoms with E-state index in [2.05, 4.69) is 13.8 Å². The normalized spacial score (nSPS) is 17.9. The van der Waals surface area contributed by atoms with Crippen molar-refractivity contribution in [3.63, 3.8) is 0 Å². The summed E-state index contributed by atoms with van der Waals surface area (Å²) in [4.78, 5) is 11.6. The zero-order valence-corrected chi connectivity index (χ0v) is 9.12. The smallest absolute Gasteiger partial charge is 0.164 e. The van der Waals surface area contributed by atoms with Gasteiger partial charge in [0.2, 0.25) is 0 Å². The van der Waals surface area contributed by atoms with E-state index in [1.165, 1.54) is 0 Å². The average Bonchev–Trinajstić information content (AvgIpc) is 2.66. The van der Waals surface area contributed by atoms with E-state index in [1.54, 1.807) is 0 Å². The van der Waals surface area contributed by atoms with Gasteiger partial charge in [-0.2, -0.15) is 0 Å². The Morgan fingerprint density at radius 2 is 1.86 bits per heavy atom. The number of carbonyl (C=O) groups excluding carboxylic acids is 1. The van der Waals surface area contributed by atoms with Crippen LogP contribution in [0.1, 0.15) is 39.5 Å². The summed E-state index contributed by atoms with van der Waals surface area (Å²) in [6, 6.07) is 0. The fourth-order valence-electron chi connectivity index (χ4n) is 1.69. The Morgan fingerprint density at radius 3 is 2.36 bits per heavy atom. The molecule has 3 nitrogen and oxygen atoms in total. The van der Waals surface area contributed by atoms with Crippen molar-refractivity contribution in [2.24, 2.45) is 5.92 Å². The van der Waals surface area contributed by atoms with Crippen molar-refractivity contribution in [3.05, 3.63) is 0 Å². The highest BCUT2D eigenvalue weighted by Crippen LogP contribution is 2.16. The lowest BCUT2D eigenvalue weighted by molar-refractivity contribution is -0.128. The van der Waals surface area contributed by atoms with E-state index in [4.69, 9.17) is 9.47 Å². The van der Waals surface area contributed by atoms with Crippen molar-refractivity contribution in [3.8, 4) is 0 Å². The molecule has 1 rings (SSSR count). The summed E-state index contributed by atoms with van der Waals surface area (Å²) < 4.78 is 10.5.